The Morgan fingerprint density at radius 3 is 0.645 bits per heavy atom. The molecule has 0 spiro atoms. The van der Waals surface area contributed by atoms with Crippen LogP contribution in [0.3, 0.4) is 0 Å². The van der Waals surface area contributed by atoms with E-state index in [1.165, 1.54) is 72.8 Å². The van der Waals surface area contributed by atoms with Crippen LogP contribution < -0.4 is 0 Å². The van der Waals surface area contributed by atoms with E-state index in [0.29, 0.717) is 0 Å². The minimum atomic E-state index is -4.25. The van der Waals surface area contributed by atoms with Gasteiger partial charge in [-0.15, -0.1) is 0 Å². The Morgan fingerprint density at radius 2 is 0.548 bits per heavy atom. The van der Waals surface area contributed by atoms with Crippen LogP contribution >= 0.6 is 0 Å². The molecule has 0 aliphatic rings. The van der Waals surface area contributed by atoms with E-state index in [2.05, 4.69) is 0 Å². The van der Waals surface area contributed by atoms with Gasteiger partial charge in [0.15, 0.2) is 0 Å². The van der Waals surface area contributed by atoms with Crippen LogP contribution in [0.1, 0.15) is 0 Å². The zero-order valence-electron chi connectivity index (χ0n) is 15.5. The van der Waals surface area contributed by atoms with Gasteiger partial charge in [-0.3, -0.25) is 0 Å². The molecule has 0 amide bonds. The van der Waals surface area contributed by atoms with E-state index in [0.717, 1.165) is 0 Å². The summed E-state index contributed by atoms with van der Waals surface area (Å²) in [5, 5.41) is 0. The fraction of sp³-hybridized carbons (Fsp3) is 0. The van der Waals surface area contributed by atoms with E-state index < -0.39 is 30.4 Å². The Balaban J connectivity index is 0.000000429. The molecule has 3 aromatic rings. The maximum atomic E-state index is 10.3. The van der Waals surface area contributed by atoms with Gasteiger partial charge in [0.25, 0.3) is 0 Å². The van der Waals surface area contributed by atoms with Crippen LogP contribution in [0.4, 0.5) is 0 Å². The predicted molar refractivity (Wildman–Crippen MR) is 103 cm³/mol. The Morgan fingerprint density at radius 1 is 0.387 bits per heavy atom. The van der Waals surface area contributed by atoms with Gasteiger partial charge in [-0.25, -0.2) is 25.3 Å². The van der Waals surface area contributed by atoms with Crippen molar-refractivity contribution in [2.45, 2.75) is 14.7 Å². The van der Waals surface area contributed by atoms with E-state index in [1.807, 2.05) is 0 Å². The van der Waals surface area contributed by atoms with Crippen molar-refractivity contribution in [2.24, 2.45) is 0 Å². The summed E-state index contributed by atoms with van der Waals surface area (Å²) in [6.45, 7) is 0. The molecule has 0 atom stereocenters. The van der Waals surface area contributed by atoms with Crippen molar-refractivity contribution < 1.29 is 79.3 Å². The Labute approximate surface area is 213 Å². The fourth-order valence-electron chi connectivity index (χ4n) is 1.76. The third kappa shape index (κ3) is 12.4. The van der Waals surface area contributed by atoms with Gasteiger partial charge >= 0.3 is 40.4 Å². The molecule has 0 fully saturated rings. The van der Waals surface area contributed by atoms with Crippen molar-refractivity contribution in [1.82, 2.24) is 0 Å². The molecule has 0 N–H and O–H groups in total. The maximum Gasteiger partial charge on any atom is 3.00 e. The molecule has 165 valence electrons. The number of hydrogen-bond donors (Lipinski definition) is 0. The SMILES string of the molecule is O=S(=O)([O-])c1ccccc1.O=S(=O)([O-])c1ccccc1.O=S(=O)([O-])c1ccccc1.[Sm+3]. The molecule has 0 aliphatic heterocycles. The zero-order chi connectivity index (χ0) is 22.8. The average Bonchev–Trinajstić information content (AvgIpc) is 2.69. The molecule has 0 saturated carbocycles. The van der Waals surface area contributed by atoms with Crippen LogP contribution in [0.5, 0.6) is 0 Å². The summed E-state index contributed by atoms with van der Waals surface area (Å²) >= 11 is 0. The number of benzene rings is 3. The summed E-state index contributed by atoms with van der Waals surface area (Å²) in [5.41, 5.74) is 0. The molecule has 0 saturated heterocycles. The summed E-state index contributed by atoms with van der Waals surface area (Å²) < 4.78 is 92.5. The van der Waals surface area contributed by atoms with Gasteiger partial charge in [0.2, 0.25) is 0 Å². The van der Waals surface area contributed by atoms with E-state index in [1.54, 1.807) is 18.2 Å². The fourth-order valence-corrected chi connectivity index (χ4v) is 3.23. The molecule has 9 nitrogen and oxygen atoms in total. The van der Waals surface area contributed by atoms with E-state index >= 15 is 0 Å². The normalized spacial score (nSPS) is 10.9. The smallest absolute Gasteiger partial charge is 0.744 e. The topological polar surface area (TPSA) is 172 Å². The Hall–Kier alpha value is -1.27. The van der Waals surface area contributed by atoms with Gasteiger partial charge in [-0.2, -0.15) is 0 Å². The van der Waals surface area contributed by atoms with Crippen molar-refractivity contribution in [3.05, 3.63) is 91.0 Å². The van der Waals surface area contributed by atoms with Gasteiger partial charge in [0, 0.05) is 0 Å². The minimum Gasteiger partial charge on any atom is -0.744 e. The third-order valence-electron chi connectivity index (χ3n) is 3.10. The summed E-state index contributed by atoms with van der Waals surface area (Å²) in [6.07, 6.45) is 0. The molecule has 0 heterocycles. The van der Waals surface area contributed by atoms with E-state index in [-0.39, 0.29) is 55.1 Å². The molecular formula is C18H15O9S3Sm. The predicted octanol–water partition coefficient (Wildman–Crippen LogP) is 1.77. The first kappa shape index (κ1) is 29.7. The largest absolute Gasteiger partial charge is 3.00 e. The first-order valence-electron chi connectivity index (χ1n) is 7.84. The standard InChI is InChI=1S/3C6H6O3S.Sm/c3*7-10(8,9)6-4-2-1-3-5-6;/h3*1-5H,(H,7,8,9);/q;;;+3/p-3. The van der Waals surface area contributed by atoms with Gasteiger partial charge in [-0.05, 0) is 36.4 Å². The summed E-state index contributed by atoms with van der Waals surface area (Å²) in [7, 11) is -12.8. The summed E-state index contributed by atoms with van der Waals surface area (Å²) in [4.78, 5) is -0.556. The van der Waals surface area contributed by atoms with Crippen LogP contribution in [0, 0.1) is 40.4 Å². The molecule has 31 heavy (non-hydrogen) atoms. The van der Waals surface area contributed by atoms with Crippen LogP contribution in [-0.4, -0.2) is 38.9 Å². The minimum absolute atomic E-state index is 0. The molecule has 0 unspecified atom stereocenters. The van der Waals surface area contributed by atoms with Crippen LogP contribution in [-0.2, 0) is 30.4 Å². The molecule has 3 aromatic carbocycles. The average molecular weight is 622 g/mol. The van der Waals surface area contributed by atoms with Gasteiger partial charge in [0.1, 0.15) is 30.4 Å². The Bertz CT molecular complexity index is 1070. The first-order valence-corrected chi connectivity index (χ1v) is 12.1. The van der Waals surface area contributed by atoms with Crippen molar-refractivity contribution in [3.8, 4) is 0 Å². The van der Waals surface area contributed by atoms with Crippen LogP contribution in [0.15, 0.2) is 106 Å². The van der Waals surface area contributed by atoms with Crippen molar-refractivity contribution in [2.75, 3.05) is 0 Å². The molecule has 3 rings (SSSR count). The van der Waals surface area contributed by atoms with Gasteiger partial charge in [-0.1, -0.05) is 54.6 Å². The zero-order valence-corrected chi connectivity index (χ0v) is 20.5. The van der Waals surface area contributed by atoms with Crippen molar-refractivity contribution in [3.63, 3.8) is 0 Å². The van der Waals surface area contributed by atoms with E-state index in [4.69, 9.17) is 0 Å². The maximum absolute atomic E-state index is 10.3. The van der Waals surface area contributed by atoms with E-state index in [9.17, 15) is 38.9 Å². The molecule has 0 aliphatic carbocycles. The molecule has 13 heteroatoms. The van der Waals surface area contributed by atoms with Crippen LogP contribution in [0.2, 0.25) is 0 Å². The quantitative estimate of drug-likeness (QED) is 0.395. The second-order valence-electron chi connectivity index (χ2n) is 5.30. The summed E-state index contributed by atoms with van der Waals surface area (Å²) in [5.74, 6) is 0. The van der Waals surface area contributed by atoms with Gasteiger partial charge in [0.05, 0.1) is 14.7 Å². The van der Waals surface area contributed by atoms with Crippen LogP contribution in [0.25, 0.3) is 0 Å². The van der Waals surface area contributed by atoms with Gasteiger partial charge < -0.3 is 13.7 Å². The number of rotatable bonds is 3. The Kier molecular flexibility index (Phi) is 12.8. The van der Waals surface area contributed by atoms with Crippen molar-refractivity contribution in [1.29, 1.82) is 0 Å². The molecule has 0 bridgehead atoms. The summed E-state index contributed by atoms with van der Waals surface area (Å²) in [6, 6.07) is 21.6. The second kappa shape index (κ2) is 13.3. The van der Waals surface area contributed by atoms with Crippen molar-refractivity contribution >= 4 is 30.4 Å². The monoisotopic (exact) mass is 623 g/mol. The molecule has 0 aromatic heterocycles. The first-order chi connectivity index (χ1) is 13.8. The third-order valence-corrected chi connectivity index (χ3v) is 5.64. The second-order valence-corrected chi connectivity index (χ2v) is 9.44. The number of hydrogen-bond acceptors (Lipinski definition) is 9. The molecular weight excluding hydrogens is 607 g/mol. The molecule has 1 radical (unpaired) electrons.